The minimum atomic E-state index is -0.00682. The summed E-state index contributed by atoms with van der Waals surface area (Å²) in [7, 11) is 0. The number of benzene rings is 4. The van der Waals surface area contributed by atoms with Crippen LogP contribution in [0.3, 0.4) is 0 Å². The highest BCUT2D eigenvalue weighted by Gasteiger charge is 2.35. The minimum Gasteiger partial charge on any atom is -0.483 e. The van der Waals surface area contributed by atoms with Crippen LogP contribution in [0.4, 0.5) is 5.69 Å². The van der Waals surface area contributed by atoms with E-state index in [1.165, 1.54) is 44.2 Å². The van der Waals surface area contributed by atoms with Crippen LogP contribution in [0.25, 0.3) is 38.6 Å². The normalized spacial score (nSPS) is 19.7. The Morgan fingerprint density at radius 1 is 0.667 bits per heavy atom. The predicted molar refractivity (Wildman–Crippen MR) is 124 cm³/mol. The van der Waals surface area contributed by atoms with Gasteiger partial charge in [-0.2, -0.15) is 0 Å². The second-order valence-corrected chi connectivity index (χ2v) is 8.15. The first-order chi connectivity index (χ1) is 14.9. The van der Waals surface area contributed by atoms with E-state index in [4.69, 9.17) is 4.74 Å². The van der Waals surface area contributed by atoms with Crippen molar-refractivity contribution in [3.05, 3.63) is 103 Å². The zero-order valence-corrected chi connectivity index (χ0v) is 16.3. The highest BCUT2D eigenvalue weighted by molar-refractivity contribution is 6.18. The predicted octanol–water partition coefficient (Wildman–Crippen LogP) is 6.68. The minimum absolute atomic E-state index is 0.00682. The molecule has 1 heterocycles. The van der Waals surface area contributed by atoms with Crippen molar-refractivity contribution in [2.75, 3.05) is 5.32 Å². The van der Waals surface area contributed by atoms with E-state index in [0.717, 1.165) is 11.4 Å². The van der Waals surface area contributed by atoms with Crippen LogP contribution in [0.1, 0.15) is 5.56 Å². The Hall–Kier alpha value is -3.78. The molecule has 2 atom stereocenters. The molecular formula is C28H19NO. The largest absolute Gasteiger partial charge is 0.483 e. The average molecular weight is 385 g/mol. The van der Waals surface area contributed by atoms with E-state index >= 15 is 0 Å². The maximum Gasteiger partial charge on any atom is 0.148 e. The van der Waals surface area contributed by atoms with E-state index < -0.39 is 0 Å². The summed E-state index contributed by atoms with van der Waals surface area (Å²) >= 11 is 0. The van der Waals surface area contributed by atoms with Crippen LogP contribution in [-0.2, 0) is 0 Å². The number of hydrogen-bond acceptors (Lipinski definition) is 2. The third-order valence-corrected chi connectivity index (χ3v) is 6.55. The molecule has 0 bridgehead atoms. The van der Waals surface area contributed by atoms with Gasteiger partial charge in [-0.1, -0.05) is 85.0 Å². The van der Waals surface area contributed by atoms with E-state index in [9.17, 15) is 0 Å². The number of hydrogen-bond donors (Lipinski definition) is 1. The number of fused-ring (bicyclic) bond motifs is 6. The first kappa shape index (κ1) is 16.1. The third kappa shape index (κ3) is 2.08. The van der Waals surface area contributed by atoms with Gasteiger partial charge in [0, 0.05) is 22.2 Å². The van der Waals surface area contributed by atoms with Crippen molar-refractivity contribution < 1.29 is 4.74 Å². The van der Waals surface area contributed by atoms with Gasteiger partial charge in [-0.05, 0) is 39.8 Å². The molecular weight excluding hydrogens is 366 g/mol. The van der Waals surface area contributed by atoms with Crippen molar-refractivity contribution >= 4 is 22.0 Å². The molecule has 0 aromatic heterocycles. The van der Waals surface area contributed by atoms with Gasteiger partial charge in [-0.25, -0.2) is 0 Å². The Morgan fingerprint density at radius 3 is 2.27 bits per heavy atom. The highest BCUT2D eigenvalue weighted by Crippen LogP contribution is 2.49. The Balaban J connectivity index is 1.31. The van der Waals surface area contributed by atoms with Gasteiger partial charge in [0.1, 0.15) is 11.9 Å². The van der Waals surface area contributed by atoms with Gasteiger partial charge in [0.05, 0.1) is 6.04 Å². The van der Waals surface area contributed by atoms with E-state index in [1.807, 2.05) is 6.07 Å². The van der Waals surface area contributed by atoms with E-state index in [1.54, 1.807) is 0 Å². The van der Waals surface area contributed by atoms with Crippen molar-refractivity contribution in [2.24, 2.45) is 0 Å². The molecule has 1 N–H and O–H groups in total. The number of allylic oxidation sites excluding steroid dienone is 2. The molecule has 142 valence electrons. The van der Waals surface area contributed by atoms with Crippen LogP contribution < -0.4 is 10.1 Å². The van der Waals surface area contributed by atoms with Gasteiger partial charge in [0.15, 0.2) is 0 Å². The number of nitrogens with one attached hydrogen (secondary N) is 1. The molecule has 2 aliphatic carbocycles. The first-order valence-electron chi connectivity index (χ1n) is 10.4. The van der Waals surface area contributed by atoms with Gasteiger partial charge in [-0.15, -0.1) is 0 Å². The lowest BCUT2D eigenvalue weighted by Gasteiger charge is -2.26. The van der Waals surface area contributed by atoms with E-state index in [0.29, 0.717) is 0 Å². The summed E-state index contributed by atoms with van der Waals surface area (Å²) in [5.74, 6) is 0.972. The molecule has 30 heavy (non-hydrogen) atoms. The lowest BCUT2D eigenvalue weighted by atomic mass is 9.93. The third-order valence-electron chi connectivity index (χ3n) is 6.55. The van der Waals surface area contributed by atoms with Gasteiger partial charge in [0.2, 0.25) is 0 Å². The maximum atomic E-state index is 6.34. The van der Waals surface area contributed by atoms with Crippen molar-refractivity contribution in [2.45, 2.75) is 12.1 Å². The van der Waals surface area contributed by atoms with Gasteiger partial charge in [-0.3, -0.25) is 0 Å². The Kier molecular flexibility index (Phi) is 3.14. The fraction of sp³-hybridized carbons (Fsp3) is 0.0714. The average Bonchev–Trinajstić information content (AvgIpc) is 3.34. The summed E-state index contributed by atoms with van der Waals surface area (Å²) in [4.78, 5) is 0. The number of rotatable bonds is 2. The lowest BCUT2D eigenvalue weighted by Crippen LogP contribution is -2.36. The van der Waals surface area contributed by atoms with Crippen molar-refractivity contribution in [3.8, 4) is 28.0 Å². The topological polar surface area (TPSA) is 21.3 Å². The summed E-state index contributed by atoms with van der Waals surface area (Å²) in [6, 6.07) is 28.2. The van der Waals surface area contributed by atoms with E-state index in [2.05, 4.69) is 96.3 Å². The standard InChI is InChI=1S/C28H19NO/c1-2-8-18-17(7-1)20-10-5-12-23-24(16-15-21(18)27(20)23)29-25-13-6-11-22-19-9-3-4-14-26(19)30-28(22)25/h1-16,25,28-29H. The molecule has 1 aliphatic heterocycles. The number of ether oxygens (including phenoxy) is 1. The summed E-state index contributed by atoms with van der Waals surface area (Å²) < 4.78 is 6.34. The molecule has 3 aliphatic rings. The summed E-state index contributed by atoms with van der Waals surface area (Å²) in [5.41, 5.74) is 8.91. The fourth-order valence-corrected chi connectivity index (χ4v) is 5.23. The molecule has 4 aromatic carbocycles. The van der Waals surface area contributed by atoms with Gasteiger partial charge in [0.25, 0.3) is 0 Å². The zero-order valence-electron chi connectivity index (χ0n) is 16.3. The molecule has 0 saturated carbocycles. The molecule has 4 aromatic rings. The van der Waals surface area contributed by atoms with Gasteiger partial charge < -0.3 is 10.1 Å². The molecule has 7 rings (SSSR count). The van der Waals surface area contributed by atoms with Crippen molar-refractivity contribution in [1.82, 2.24) is 0 Å². The maximum absolute atomic E-state index is 6.34. The molecule has 0 spiro atoms. The fourth-order valence-electron chi connectivity index (χ4n) is 5.23. The summed E-state index contributed by atoms with van der Waals surface area (Å²) in [5, 5.41) is 6.39. The molecule has 2 heteroatoms. The highest BCUT2D eigenvalue weighted by atomic mass is 16.5. The van der Waals surface area contributed by atoms with Crippen molar-refractivity contribution in [3.63, 3.8) is 0 Å². The Labute approximate surface area is 175 Å². The Morgan fingerprint density at radius 2 is 1.40 bits per heavy atom. The van der Waals surface area contributed by atoms with Gasteiger partial charge >= 0.3 is 0 Å². The molecule has 0 saturated heterocycles. The van der Waals surface area contributed by atoms with Crippen LogP contribution in [0, 0.1) is 0 Å². The second kappa shape index (κ2) is 5.87. The molecule has 2 nitrogen and oxygen atoms in total. The van der Waals surface area contributed by atoms with Crippen LogP contribution >= 0.6 is 0 Å². The SMILES string of the molecule is C1=CC(Nc2ccc3c4c(cccc24)-c2ccccc2-3)C2Oc3ccccc3C2=C1. The lowest BCUT2D eigenvalue weighted by molar-refractivity contribution is 0.266. The van der Waals surface area contributed by atoms with E-state index in [-0.39, 0.29) is 12.1 Å². The first-order valence-corrected chi connectivity index (χ1v) is 10.4. The molecule has 2 unspecified atom stereocenters. The summed E-state index contributed by atoms with van der Waals surface area (Å²) in [6.07, 6.45) is 6.52. The van der Waals surface area contributed by atoms with Crippen LogP contribution in [0.15, 0.2) is 97.1 Å². The molecule has 0 amide bonds. The number of para-hydroxylation sites is 1. The Bertz CT molecular complexity index is 1380. The quantitative estimate of drug-likeness (QED) is 0.366. The second-order valence-electron chi connectivity index (χ2n) is 8.15. The molecule has 0 fully saturated rings. The molecule has 0 radical (unpaired) electrons. The van der Waals surface area contributed by atoms with Crippen molar-refractivity contribution in [1.29, 1.82) is 0 Å². The van der Waals surface area contributed by atoms with Crippen LogP contribution in [0.5, 0.6) is 5.75 Å². The van der Waals surface area contributed by atoms with Crippen LogP contribution in [-0.4, -0.2) is 12.1 Å². The van der Waals surface area contributed by atoms with Crippen LogP contribution in [0.2, 0.25) is 0 Å². The monoisotopic (exact) mass is 385 g/mol. The summed E-state index contributed by atoms with van der Waals surface area (Å²) in [6.45, 7) is 0. The smallest absolute Gasteiger partial charge is 0.148 e. The number of anilines is 1. The zero-order chi connectivity index (χ0) is 19.7.